The van der Waals surface area contributed by atoms with Crippen LogP contribution in [-0.2, 0) is 21.1 Å². The SMILES string of the molecule is COc1ccc(CN(c2cc(C3CC3)n(C3CCCCO3)n2)c2nc(S(C)(=O)=O)nc(Cl)c2C2CC2)cc1. The minimum Gasteiger partial charge on any atom is -0.497 e. The van der Waals surface area contributed by atoms with Gasteiger partial charge in [0.25, 0.3) is 0 Å². The minimum atomic E-state index is -3.69. The topological polar surface area (TPSA) is 99.4 Å². The molecule has 3 heterocycles. The van der Waals surface area contributed by atoms with E-state index in [4.69, 9.17) is 26.2 Å². The number of ether oxygens (including phenoxy) is 2. The summed E-state index contributed by atoms with van der Waals surface area (Å²) in [5.41, 5.74) is 2.94. The van der Waals surface area contributed by atoms with Gasteiger partial charge in [0.2, 0.25) is 15.0 Å². The second kappa shape index (κ2) is 10.1. The molecule has 2 aliphatic carbocycles. The molecule has 3 aliphatic rings. The summed E-state index contributed by atoms with van der Waals surface area (Å²) < 4.78 is 38.6. The molecule has 0 spiro atoms. The van der Waals surface area contributed by atoms with Crippen LogP contribution in [0.2, 0.25) is 5.15 Å². The lowest BCUT2D eigenvalue weighted by atomic mass is 10.1. The van der Waals surface area contributed by atoms with E-state index in [0.717, 1.165) is 80.4 Å². The molecule has 38 heavy (non-hydrogen) atoms. The van der Waals surface area contributed by atoms with Gasteiger partial charge < -0.3 is 14.4 Å². The maximum atomic E-state index is 12.5. The number of aromatic nitrogens is 4. The number of hydrogen-bond acceptors (Lipinski definition) is 8. The Labute approximate surface area is 228 Å². The van der Waals surface area contributed by atoms with Gasteiger partial charge in [0.15, 0.2) is 12.0 Å². The molecule has 3 aromatic rings. The van der Waals surface area contributed by atoms with E-state index in [1.807, 2.05) is 33.8 Å². The van der Waals surface area contributed by atoms with Crippen LogP contribution in [0.15, 0.2) is 35.5 Å². The number of halogens is 1. The summed E-state index contributed by atoms with van der Waals surface area (Å²) in [6.07, 6.45) is 8.26. The lowest BCUT2D eigenvalue weighted by molar-refractivity contribution is -0.0410. The second-order valence-corrected chi connectivity index (χ2v) is 12.7. The van der Waals surface area contributed by atoms with E-state index >= 15 is 0 Å². The summed E-state index contributed by atoms with van der Waals surface area (Å²) in [4.78, 5) is 10.8. The summed E-state index contributed by atoms with van der Waals surface area (Å²) in [5, 5.41) is 5.00. The molecule has 1 atom stereocenters. The largest absolute Gasteiger partial charge is 0.497 e. The average molecular weight is 558 g/mol. The molecule has 1 aliphatic heterocycles. The van der Waals surface area contributed by atoms with Crippen LogP contribution in [0.4, 0.5) is 11.6 Å². The first-order valence-electron chi connectivity index (χ1n) is 13.2. The van der Waals surface area contributed by atoms with Crippen molar-refractivity contribution in [2.45, 2.75) is 74.7 Å². The Hall–Kier alpha value is -2.69. The Kier molecular flexibility index (Phi) is 6.82. The van der Waals surface area contributed by atoms with Crippen molar-refractivity contribution in [1.82, 2.24) is 19.7 Å². The number of hydrogen-bond donors (Lipinski definition) is 0. The van der Waals surface area contributed by atoms with E-state index in [1.165, 1.54) is 0 Å². The van der Waals surface area contributed by atoms with E-state index in [0.29, 0.717) is 24.1 Å². The lowest BCUT2D eigenvalue weighted by Gasteiger charge is -2.26. The highest BCUT2D eigenvalue weighted by Gasteiger charge is 2.37. The highest BCUT2D eigenvalue weighted by Crippen LogP contribution is 2.49. The van der Waals surface area contributed by atoms with Gasteiger partial charge >= 0.3 is 0 Å². The van der Waals surface area contributed by atoms with Gasteiger partial charge in [-0.15, -0.1) is 0 Å². The molecule has 0 radical (unpaired) electrons. The Morgan fingerprint density at radius 3 is 2.42 bits per heavy atom. The van der Waals surface area contributed by atoms with Crippen molar-refractivity contribution in [3.8, 4) is 5.75 Å². The molecular weight excluding hydrogens is 526 g/mol. The first-order chi connectivity index (χ1) is 18.3. The first-order valence-corrected chi connectivity index (χ1v) is 15.5. The van der Waals surface area contributed by atoms with E-state index in [2.05, 4.69) is 16.0 Å². The van der Waals surface area contributed by atoms with Gasteiger partial charge in [0, 0.05) is 36.1 Å². The number of benzene rings is 1. The highest BCUT2D eigenvalue weighted by atomic mass is 35.5. The third-order valence-corrected chi connectivity index (χ3v) is 8.52. The molecule has 3 fully saturated rings. The molecule has 1 unspecified atom stereocenters. The summed E-state index contributed by atoms with van der Waals surface area (Å²) >= 11 is 6.66. The van der Waals surface area contributed by atoms with Crippen molar-refractivity contribution < 1.29 is 17.9 Å². The van der Waals surface area contributed by atoms with Crippen LogP contribution in [0.3, 0.4) is 0 Å². The molecule has 0 N–H and O–H groups in total. The number of rotatable bonds is 9. The van der Waals surface area contributed by atoms with Crippen molar-refractivity contribution >= 4 is 33.1 Å². The van der Waals surface area contributed by atoms with Gasteiger partial charge in [0.1, 0.15) is 16.7 Å². The van der Waals surface area contributed by atoms with Crippen molar-refractivity contribution in [3.05, 3.63) is 52.3 Å². The molecule has 2 saturated carbocycles. The van der Waals surface area contributed by atoms with Crippen LogP contribution >= 0.6 is 11.6 Å². The first kappa shape index (κ1) is 25.6. The molecule has 1 aromatic carbocycles. The van der Waals surface area contributed by atoms with Crippen LogP contribution in [0.25, 0.3) is 0 Å². The maximum absolute atomic E-state index is 12.5. The van der Waals surface area contributed by atoms with Crippen molar-refractivity contribution in [3.63, 3.8) is 0 Å². The van der Waals surface area contributed by atoms with Gasteiger partial charge in [-0.25, -0.2) is 23.1 Å². The van der Waals surface area contributed by atoms with Crippen molar-refractivity contribution in [2.75, 3.05) is 24.9 Å². The number of nitrogens with zero attached hydrogens (tertiary/aromatic N) is 5. The maximum Gasteiger partial charge on any atom is 0.250 e. The number of anilines is 2. The molecule has 0 bridgehead atoms. The number of methoxy groups -OCH3 is 1. The van der Waals surface area contributed by atoms with E-state index in [9.17, 15) is 8.42 Å². The fourth-order valence-electron chi connectivity index (χ4n) is 5.04. The average Bonchev–Trinajstić information content (AvgIpc) is 3.85. The Morgan fingerprint density at radius 1 is 1.08 bits per heavy atom. The van der Waals surface area contributed by atoms with Gasteiger partial charge in [-0.2, -0.15) is 5.10 Å². The zero-order chi connectivity index (χ0) is 26.4. The Balaban J connectivity index is 1.50. The van der Waals surface area contributed by atoms with Crippen molar-refractivity contribution in [1.29, 1.82) is 0 Å². The molecule has 6 rings (SSSR count). The number of sulfone groups is 1. The zero-order valence-corrected chi connectivity index (χ0v) is 23.2. The summed E-state index contributed by atoms with van der Waals surface area (Å²) in [6, 6.07) is 9.92. The third-order valence-electron chi connectivity index (χ3n) is 7.38. The quantitative estimate of drug-likeness (QED) is 0.250. The molecule has 11 heteroatoms. The predicted octanol–water partition coefficient (Wildman–Crippen LogP) is 5.53. The highest BCUT2D eigenvalue weighted by molar-refractivity contribution is 7.90. The summed E-state index contributed by atoms with van der Waals surface area (Å²) in [6.45, 7) is 1.15. The normalized spacial score (nSPS) is 19.9. The molecular formula is C27H32ClN5O4S. The van der Waals surface area contributed by atoms with Crippen LogP contribution in [0.1, 0.15) is 79.8 Å². The predicted molar refractivity (Wildman–Crippen MR) is 144 cm³/mol. The Bertz CT molecular complexity index is 1430. The second-order valence-electron chi connectivity index (χ2n) is 10.5. The van der Waals surface area contributed by atoms with Crippen LogP contribution < -0.4 is 9.64 Å². The molecule has 2 aromatic heterocycles. The minimum absolute atomic E-state index is 0.0978. The van der Waals surface area contributed by atoms with Crippen LogP contribution in [0, 0.1) is 0 Å². The summed E-state index contributed by atoms with van der Waals surface area (Å²) in [5.74, 6) is 2.61. The van der Waals surface area contributed by atoms with Gasteiger partial charge in [-0.3, -0.25) is 0 Å². The zero-order valence-electron chi connectivity index (χ0n) is 21.6. The van der Waals surface area contributed by atoms with E-state index in [1.54, 1.807) is 7.11 Å². The fourth-order valence-corrected chi connectivity index (χ4v) is 5.92. The van der Waals surface area contributed by atoms with Crippen molar-refractivity contribution in [2.24, 2.45) is 0 Å². The Morgan fingerprint density at radius 2 is 1.82 bits per heavy atom. The lowest BCUT2D eigenvalue weighted by Crippen LogP contribution is -2.24. The van der Waals surface area contributed by atoms with Crippen LogP contribution in [-0.4, -0.2) is 48.1 Å². The fraction of sp³-hybridized carbons (Fsp3) is 0.519. The molecule has 202 valence electrons. The third kappa shape index (κ3) is 5.26. The summed E-state index contributed by atoms with van der Waals surface area (Å²) in [7, 11) is -2.05. The van der Waals surface area contributed by atoms with Gasteiger partial charge in [0.05, 0.1) is 13.7 Å². The van der Waals surface area contributed by atoms with Crippen LogP contribution in [0.5, 0.6) is 5.75 Å². The standard InChI is InChI=1S/C27H32ClN5O4S/c1-36-20-12-6-17(7-13-20)16-32(26-24(19-10-11-19)25(28)29-27(30-26)38(2,34)35)22-15-21(18-8-9-18)33(31-22)23-5-3-4-14-37-23/h6-7,12-13,15,18-19,23H,3-5,8-11,14,16H2,1-2H3. The van der Waals surface area contributed by atoms with Gasteiger partial charge in [-0.1, -0.05) is 23.7 Å². The molecule has 0 amide bonds. The van der Waals surface area contributed by atoms with Gasteiger partial charge in [-0.05, 0) is 68.6 Å². The molecule has 1 saturated heterocycles. The van der Waals surface area contributed by atoms with E-state index < -0.39 is 9.84 Å². The smallest absolute Gasteiger partial charge is 0.250 e. The molecule has 9 nitrogen and oxygen atoms in total. The van der Waals surface area contributed by atoms with E-state index in [-0.39, 0.29) is 22.5 Å². The monoisotopic (exact) mass is 557 g/mol.